The third kappa shape index (κ3) is 4.98. The molecule has 5 nitrogen and oxygen atoms in total. The van der Waals surface area contributed by atoms with Crippen LogP contribution in [0.25, 0.3) is 0 Å². The molecule has 0 spiro atoms. The molecule has 0 heterocycles. The van der Waals surface area contributed by atoms with Gasteiger partial charge in [0.2, 0.25) is 0 Å². The first-order valence-electron chi connectivity index (χ1n) is 9.08. The molecular weight excluding hydrogens is 449 g/mol. The summed E-state index contributed by atoms with van der Waals surface area (Å²) in [6, 6.07) is 16.3. The summed E-state index contributed by atoms with van der Waals surface area (Å²) in [5.41, 5.74) is 1.61. The summed E-state index contributed by atoms with van der Waals surface area (Å²) in [7, 11) is 0. The first-order chi connectivity index (χ1) is 14.3. The minimum atomic E-state index is -0.653. The molecule has 0 aliphatic rings. The Morgan fingerprint density at radius 2 is 1.70 bits per heavy atom. The van der Waals surface area contributed by atoms with Gasteiger partial charge < -0.3 is 9.47 Å². The van der Waals surface area contributed by atoms with E-state index in [1.807, 2.05) is 56.3 Å². The number of nitrogens with zero attached hydrogens (tertiary/aromatic N) is 1. The summed E-state index contributed by atoms with van der Waals surface area (Å²) in [5.74, 6) is 1.41. The Bertz CT molecular complexity index is 1070. The van der Waals surface area contributed by atoms with Gasteiger partial charge in [0.05, 0.1) is 9.95 Å². The Morgan fingerprint density at radius 3 is 2.33 bits per heavy atom. The highest BCUT2D eigenvalue weighted by molar-refractivity contribution is 6.46. The van der Waals surface area contributed by atoms with Crippen LogP contribution in [-0.2, 0) is 6.61 Å². The Hall–Kier alpha value is -2.47. The summed E-state index contributed by atoms with van der Waals surface area (Å²) in [6.07, 6.45) is 0. The van der Waals surface area contributed by atoms with Crippen molar-refractivity contribution in [2.24, 2.45) is 0 Å². The highest BCUT2D eigenvalue weighted by Gasteiger charge is 2.23. The van der Waals surface area contributed by atoms with Crippen molar-refractivity contribution in [1.29, 1.82) is 0 Å². The molecule has 0 amide bonds. The van der Waals surface area contributed by atoms with Crippen LogP contribution in [-0.4, -0.2) is 4.92 Å². The van der Waals surface area contributed by atoms with Crippen molar-refractivity contribution in [2.75, 3.05) is 0 Å². The zero-order valence-electron chi connectivity index (χ0n) is 16.2. The quantitative estimate of drug-likeness (QED) is 0.201. The van der Waals surface area contributed by atoms with Gasteiger partial charge in [-0.05, 0) is 29.7 Å². The maximum Gasteiger partial charge on any atom is 0.291 e. The predicted molar refractivity (Wildman–Crippen MR) is 120 cm³/mol. The van der Waals surface area contributed by atoms with Crippen molar-refractivity contribution in [1.82, 2.24) is 0 Å². The Morgan fingerprint density at radius 1 is 1.00 bits per heavy atom. The van der Waals surface area contributed by atoms with Crippen LogP contribution in [0.2, 0.25) is 15.1 Å². The van der Waals surface area contributed by atoms with Crippen molar-refractivity contribution in [3.63, 3.8) is 0 Å². The molecule has 0 aromatic heterocycles. The molecule has 0 saturated carbocycles. The number of halogens is 3. The van der Waals surface area contributed by atoms with Gasteiger partial charge in [-0.2, -0.15) is 0 Å². The molecular formula is C22H18Cl3NO4. The van der Waals surface area contributed by atoms with E-state index in [1.165, 1.54) is 0 Å². The van der Waals surface area contributed by atoms with E-state index >= 15 is 0 Å². The van der Waals surface area contributed by atoms with Gasteiger partial charge in [-0.15, -0.1) is 0 Å². The second-order valence-electron chi connectivity index (χ2n) is 6.82. The topological polar surface area (TPSA) is 61.6 Å². The lowest BCUT2D eigenvalue weighted by atomic mass is 10.0. The standard InChI is InChI=1S/C22H18Cl3NO4/c1-13(2)16-10-15(8-9-19(16)29-12-14-6-4-3-5-7-14)30-22-17(23)11-18(26(27)28)20(24)21(22)25/h3-11,13H,12H2,1-2H3. The number of nitro groups is 1. The molecule has 156 valence electrons. The number of nitro benzene ring substituents is 1. The molecule has 0 bridgehead atoms. The smallest absolute Gasteiger partial charge is 0.291 e. The summed E-state index contributed by atoms with van der Waals surface area (Å²) in [6.45, 7) is 4.52. The maximum atomic E-state index is 11.1. The van der Waals surface area contributed by atoms with Gasteiger partial charge >= 0.3 is 0 Å². The van der Waals surface area contributed by atoms with Gasteiger partial charge in [-0.3, -0.25) is 10.1 Å². The van der Waals surface area contributed by atoms with Gasteiger partial charge in [0.25, 0.3) is 5.69 Å². The van der Waals surface area contributed by atoms with E-state index in [0.29, 0.717) is 12.4 Å². The summed E-state index contributed by atoms with van der Waals surface area (Å²) in [5, 5.41) is 10.7. The van der Waals surface area contributed by atoms with E-state index in [4.69, 9.17) is 44.3 Å². The van der Waals surface area contributed by atoms with Crippen molar-refractivity contribution < 1.29 is 14.4 Å². The number of rotatable bonds is 7. The average Bonchev–Trinajstić information content (AvgIpc) is 2.73. The molecule has 0 unspecified atom stereocenters. The Balaban J connectivity index is 1.88. The van der Waals surface area contributed by atoms with Crippen molar-refractivity contribution in [3.8, 4) is 17.2 Å². The molecule has 3 rings (SSSR count). The molecule has 0 fully saturated rings. The molecule has 8 heteroatoms. The number of hydrogen-bond donors (Lipinski definition) is 0. The fourth-order valence-electron chi connectivity index (χ4n) is 2.82. The predicted octanol–water partition coefficient (Wildman–Crippen LogP) is 8.05. The molecule has 3 aromatic carbocycles. The van der Waals surface area contributed by atoms with E-state index in [-0.39, 0.29) is 32.4 Å². The fourth-order valence-corrected chi connectivity index (χ4v) is 3.55. The lowest BCUT2D eigenvalue weighted by Crippen LogP contribution is -2.00. The molecule has 30 heavy (non-hydrogen) atoms. The number of benzene rings is 3. The van der Waals surface area contributed by atoms with E-state index in [0.717, 1.165) is 22.9 Å². The van der Waals surface area contributed by atoms with E-state index in [2.05, 4.69) is 0 Å². The Kier molecular flexibility index (Phi) is 7.08. The second-order valence-corrected chi connectivity index (χ2v) is 7.99. The van der Waals surface area contributed by atoms with E-state index < -0.39 is 4.92 Å². The zero-order chi connectivity index (χ0) is 21.8. The van der Waals surface area contributed by atoms with Gasteiger partial charge in [-0.1, -0.05) is 79.0 Å². The summed E-state index contributed by atoms with van der Waals surface area (Å²) >= 11 is 18.3. The average molecular weight is 467 g/mol. The highest BCUT2D eigenvalue weighted by Crippen LogP contribution is 2.46. The summed E-state index contributed by atoms with van der Waals surface area (Å²) in [4.78, 5) is 10.4. The van der Waals surface area contributed by atoms with Crippen LogP contribution in [0.1, 0.15) is 30.9 Å². The van der Waals surface area contributed by atoms with Crippen LogP contribution in [0.5, 0.6) is 17.2 Å². The molecule has 0 aliphatic heterocycles. The largest absolute Gasteiger partial charge is 0.489 e. The van der Waals surface area contributed by atoms with Crippen molar-refractivity contribution in [2.45, 2.75) is 26.4 Å². The second kappa shape index (κ2) is 9.56. The lowest BCUT2D eigenvalue weighted by molar-refractivity contribution is -0.384. The monoisotopic (exact) mass is 465 g/mol. The molecule has 0 atom stereocenters. The molecule has 0 radical (unpaired) electrons. The van der Waals surface area contributed by atoms with Crippen LogP contribution in [0.15, 0.2) is 54.6 Å². The van der Waals surface area contributed by atoms with Crippen molar-refractivity contribution >= 4 is 40.5 Å². The third-order valence-electron chi connectivity index (χ3n) is 4.35. The zero-order valence-corrected chi connectivity index (χ0v) is 18.5. The van der Waals surface area contributed by atoms with Gasteiger partial charge in [0.15, 0.2) is 5.75 Å². The maximum absolute atomic E-state index is 11.1. The Labute approximate surface area is 189 Å². The highest BCUT2D eigenvalue weighted by atomic mass is 35.5. The SMILES string of the molecule is CC(C)c1cc(Oc2c(Cl)cc([N+](=O)[O-])c(Cl)c2Cl)ccc1OCc1ccccc1. The molecule has 0 aliphatic carbocycles. The van der Waals surface area contributed by atoms with Crippen LogP contribution < -0.4 is 9.47 Å². The molecule has 0 N–H and O–H groups in total. The van der Waals surface area contributed by atoms with Gasteiger partial charge in [0.1, 0.15) is 28.2 Å². The van der Waals surface area contributed by atoms with Gasteiger partial charge in [-0.25, -0.2) is 0 Å². The molecule has 3 aromatic rings. The minimum absolute atomic E-state index is 0.00778. The van der Waals surface area contributed by atoms with E-state index in [9.17, 15) is 10.1 Å². The summed E-state index contributed by atoms with van der Waals surface area (Å²) < 4.78 is 11.8. The number of ether oxygens (including phenoxy) is 2. The van der Waals surface area contributed by atoms with Crippen LogP contribution >= 0.6 is 34.8 Å². The van der Waals surface area contributed by atoms with Gasteiger partial charge in [0, 0.05) is 11.6 Å². The fraction of sp³-hybridized carbons (Fsp3) is 0.182. The number of hydrogen-bond acceptors (Lipinski definition) is 4. The van der Waals surface area contributed by atoms with Crippen LogP contribution in [0.3, 0.4) is 0 Å². The van der Waals surface area contributed by atoms with Crippen LogP contribution in [0, 0.1) is 10.1 Å². The molecule has 0 saturated heterocycles. The van der Waals surface area contributed by atoms with E-state index in [1.54, 1.807) is 6.07 Å². The van der Waals surface area contributed by atoms with Crippen molar-refractivity contribution in [3.05, 3.63) is 90.9 Å². The lowest BCUT2D eigenvalue weighted by Gasteiger charge is -2.17. The minimum Gasteiger partial charge on any atom is -0.489 e. The first kappa shape index (κ1) is 22.2. The van der Waals surface area contributed by atoms with Crippen LogP contribution in [0.4, 0.5) is 5.69 Å². The third-order valence-corrected chi connectivity index (χ3v) is 5.48. The normalized spacial score (nSPS) is 10.9. The first-order valence-corrected chi connectivity index (χ1v) is 10.2.